The summed E-state index contributed by atoms with van der Waals surface area (Å²) in [6.07, 6.45) is 3.28. The molecule has 0 atom stereocenters. The number of carbonyl (C=O) groups is 1. The predicted octanol–water partition coefficient (Wildman–Crippen LogP) is 4.14. The first-order valence-electron chi connectivity index (χ1n) is 7.47. The third-order valence-electron chi connectivity index (χ3n) is 3.62. The summed E-state index contributed by atoms with van der Waals surface area (Å²) in [5.74, 6) is 0.198. The van der Waals surface area contributed by atoms with Gasteiger partial charge in [0.1, 0.15) is 0 Å². The zero-order chi connectivity index (χ0) is 16.4. The fourth-order valence-electron chi connectivity index (χ4n) is 2.45. The second kappa shape index (κ2) is 5.96. The summed E-state index contributed by atoms with van der Waals surface area (Å²) in [4.78, 5) is 20.6. The lowest BCUT2D eigenvalue weighted by Gasteiger charge is -2.04. The van der Waals surface area contributed by atoms with E-state index in [2.05, 4.69) is 15.3 Å². The molecular formula is C19H13N3O2. The van der Waals surface area contributed by atoms with Crippen LogP contribution in [0, 0.1) is 0 Å². The van der Waals surface area contributed by atoms with Gasteiger partial charge in [-0.1, -0.05) is 36.4 Å². The number of nitrogens with one attached hydrogen (secondary N) is 1. The highest BCUT2D eigenvalue weighted by Gasteiger charge is 2.14. The Labute approximate surface area is 138 Å². The molecule has 4 rings (SSSR count). The number of fused-ring (bicyclic) bond motifs is 1. The van der Waals surface area contributed by atoms with E-state index < -0.39 is 0 Å². The molecule has 2 aromatic carbocycles. The van der Waals surface area contributed by atoms with E-state index in [1.54, 1.807) is 18.5 Å². The maximum Gasteiger partial charge on any atom is 0.311 e. The van der Waals surface area contributed by atoms with Gasteiger partial charge in [-0.25, -0.2) is 4.98 Å². The van der Waals surface area contributed by atoms with Gasteiger partial charge >= 0.3 is 5.91 Å². The van der Waals surface area contributed by atoms with Gasteiger partial charge in [0.25, 0.3) is 5.89 Å². The number of pyridine rings is 1. The van der Waals surface area contributed by atoms with Crippen LogP contribution in [0.15, 0.2) is 77.5 Å². The number of benzene rings is 2. The molecule has 0 aliphatic heterocycles. The molecule has 0 spiro atoms. The summed E-state index contributed by atoms with van der Waals surface area (Å²) in [7, 11) is 0. The van der Waals surface area contributed by atoms with Gasteiger partial charge in [0.2, 0.25) is 0 Å². The van der Waals surface area contributed by atoms with Gasteiger partial charge in [-0.2, -0.15) is 0 Å². The Kier molecular flexibility index (Phi) is 3.51. The Bertz CT molecular complexity index is 1010. The van der Waals surface area contributed by atoms with Crippen LogP contribution in [0.25, 0.3) is 22.2 Å². The summed E-state index contributed by atoms with van der Waals surface area (Å²) >= 11 is 0. The number of aromatic nitrogens is 2. The first-order chi connectivity index (χ1) is 11.8. The van der Waals surface area contributed by atoms with Crippen LogP contribution in [0.1, 0.15) is 10.7 Å². The van der Waals surface area contributed by atoms with E-state index in [1.807, 2.05) is 54.6 Å². The molecular weight excluding hydrogens is 302 g/mol. The fraction of sp³-hybridized carbons (Fsp3) is 0. The van der Waals surface area contributed by atoms with Gasteiger partial charge < -0.3 is 9.73 Å². The minimum atomic E-state index is -0.388. The highest BCUT2D eigenvalue weighted by atomic mass is 16.4. The molecule has 24 heavy (non-hydrogen) atoms. The molecule has 4 aromatic rings. The number of nitrogens with zero attached hydrogens (tertiary/aromatic N) is 2. The second-order valence-corrected chi connectivity index (χ2v) is 5.26. The molecule has 2 heterocycles. The first kappa shape index (κ1) is 14.1. The summed E-state index contributed by atoms with van der Waals surface area (Å²) in [5.41, 5.74) is 2.42. The predicted molar refractivity (Wildman–Crippen MR) is 91.6 cm³/mol. The molecule has 0 aliphatic carbocycles. The minimum absolute atomic E-state index is 0.0279. The Hall–Kier alpha value is -3.47. The zero-order valence-corrected chi connectivity index (χ0v) is 12.6. The van der Waals surface area contributed by atoms with Crippen molar-refractivity contribution in [1.29, 1.82) is 0 Å². The number of amides is 1. The molecule has 1 amide bonds. The van der Waals surface area contributed by atoms with Crippen LogP contribution >= 0.6 is 0 Å². The minimum Gasteiger partial charge on any atom is -0.432 e. The normalized spacial score (nSPS) is 10.7. The van der Waals surface area contributed by atoms with Crippen molar-refractivity contribution in [3.8, 4) is 11.3 Å². The summed E-state index contributed by atoms with van der Waals surface area (Å²) in [5, 5.41) is 3.74. The standard InChI is InChI=1S/C19H13N3O2/c23-18(19-21-12-17(24-19)13-5-2-1-3-6-13)22-15-8-9-16-14(11-15)7-4-10-20-16/h1-12H,(H,22,23). The van der Waals surface area contributed by atoms with E-state index in [0.29, 0.717) is 11.4 Å². The average Bonchev–Trinajstić information content (AvgIpc) is 3.13. The lowest BCUT2D eigenvalue weighted by Crippen LogP contribution is -2.12. The SMILES string of the molecule is O=C(Nc1ccc2ncccc2c1)c1ncc(-c2ccccc2)o1. The first-order valence-corrected chi connectivity index (χ1v) is 7.47. The summed E-state index contributed by atoms with van der Waals surface area (Å²) in [6.45, 7) is 0. The number of rotatable bonds is 3. The van der Waals surface area contributed by atoms with Crippen LogP contribution in [-0.2, 0) is 0 Å². The second-order valence-electron chi connectivity index (χ2n) is 5.26. The van der Waals surface area contributed by atoms with E-state index in [0.717, 1.165) is 16.5 Å². The molecule has 0 aliphatic rings. The van der Waals surface area contributed by atoms with Crippen molar-refractivity contribution < 1.29 is 9.21 Å². The highest BCUT2D eigenvalue weighted by Crippen LogP contribution is 2.21. The molecule has 116 valence electrons. The van der Waals surface area contributed by atoms with Gasteiger partial charge in [-0.15, -0.1) is 0 Å². The lowest BCUT2D eigenvalue weighted by molar-refractivity contribution is 0.0991. The lowest BCUT2D eigenvalue weighted by atomic mass is 10.2. The molecule has 2 aromatic heterocycles. The number of oxazole rings is 1. The van der Waals surface area contributed by atoms with Crippen molar-refractivity contribution in [2.24, 2.45) is 0 Å². The highest BCUT2D eigenvalue weighted by molar-refractivity contribution is 6.02. The largest absolute Gasteiger partial charge is 0.432 e. The van der Waals surface area contributed by atoms with Crippen LogP contribution in [0.4, 0.5) is 5.69 Å². The van der Waals surface area contributed by atoms with Crippen LogP contribution in [0.2, 0.25) is 0 Å². The molecule has 0 unspecified atom stereocenters. The average molecular weight is 315 g/mol. The number of anilines is 1. The number of hydrogen-bond acceptors (Lipinski definition) is 4. The third kappa shape index (κ3) is 2.75. The van der Waals surface area contributed by atoms with Crippen LogP contribution < -0.4 is 5.32 Å². The van der Waals surface area contributed by atoms with Crippen LogP contribution in [0.3, 0.4) is 0 Å². The van der Waals surface area contributed by atoms with Crippen molar-refractivity contribution in [2.75, 3.05) is 5.32 Å². The van der Waals surface area contributed by atoms with E-state index in [9.17, 15) is 4.79 Å². The van der Waals surface area contributed by atoms with E-state index in [1.165, 1.54) is 0 Å². The fourth-order valence-corrected chi connectivity index (χ4v) is 2.45. The smallest absolute Gasteiger partial charge is 0.311 e. The van der Waals surface area contributed by atoms with Crippen molar-refractivity contribution in [3.05, 3.63) is 78.9 Å². The molecule has 0 saturated heterocycles. The Morgan fingerprint density at radius 1 is 0.958 bits per heavy atom. The molecule has 1 N–H and O–H groups in total. The quantitative estimate of drug-likeness (QED) is 0.617. The molecule has 5 heteroatoms. The van der Waals surface area contributed by atoms with Gasteiger partial charge in [0, 0.05) is 22.8 Å². The topological polar surface area (TPSA) is 68.0 Å². The van der Waals surface area contributed by atoms with Crippen molar-refractivity contribution in [3.63, 3.8) is 0 Å². The monoisotopic (exact) mass is 315 g/mol. The molecule has 0 bridgehead atoms. The van der Waals surface area contributed by atoms with Gasteiger partial charge in [0.05, 0.1) is 11.7 Å². The molecule has 5 nitrogen and oxygen atoms in total. The Morgan fingerprint density at radius 2 is 1.83 bits per heavy atom. The van der Waals surface area contributed by atoms with Crippen molar-refractivity contribution in [1.82, 2.24) is 9.97 Å². The van der Waals surface area contributed by atoms with Crippen LogP contribution in [0.5, 0.6) is 0 Å². The zero-order valence-electron chi connectivity index (χ0n) is 12.6. The van der Waals surface area contributed by atoms with E-state index in [4.69, 9.17) is 4.42 Å². The van der Waals surface area contributed by atoms with Gasteiger partial charge in [-0.3, -0.25) is 9.78 Å². The third-order valence-corrected chi connectivity index (χ3v) is 3.62. The summed E-state index contributed by atoms with van der Waals surface area (Å²) < 4.78 is 5.56. The number of hydrogen-bond donors (Lipinski definition) is 1. The van der Waals surface area contributed by atoms with Gasteiger partial charge in [0.15, 0.2) is 5.76 Å². The maximum absolute atomic E-state index is 12.3. The van der Waals surface area contributed by atoms with E-state index in [-0.39, 0.29) is 11.8 Å². The molecule has 0 saturated carbocycles. The molecule has 0 fully saturated rings. The van der Waals surface area contributed by atoms with Crippen molar-refractivity contribution >= 4 is 22.5 Å². The maximum atomic E-state index is 12.3. The van der Waals surface area contributed by atoms with Crippen LogP contribution in [-0.4, -0.2) is 15.9 Å². The Balaban J connectivity index is 1.56. The Morgan fingerprint density at radius 3 is 2.71 bits per heavy atom. The molecule has 0 radical (unpaired) electrons. The van der Waals surface area contributed by atoms with Crippen molar-refractivity contribution in [2.45, 2.75) is 0 Å². The van der Waals surface area contributed by atoms with Gasteiger partial charge in [-0.05, 0) is 24.3 Å². The number of carbonyl (C=O) groups excluding carboxylic acids is 1. The van der Waals surface area contributed by atoms with E-state index >= 15 is 0 Å². The summed E-state index contributed by atoms with van der Waals surface area (Å²) in [6, 6.07) is 18.8.